The fraction of sp³-hybridized carbons (Fsp3) is 0.0732. The third kappa shape index (κ3) is 3.41. The number of hydrogen-bond acceptors (Lipinski definition) is 2. The highest BCUT2D eigenvalue weighted by Crippen LogP contribution is 2.53. The molecular weight excluding hydrogens is 520 g/mol. The Kier molecular flexibility index (Phi) is 4.99. The van der Waals surface area contributed by atoms with Crippen LogP contribution in [0.4, 0.5) is 0 Å². The summed E-state index contributed by atoms with van der Waals surface area (Å²) in [6, 6.07) is 47.9. The van der Waals surface area contributed by atoms with Crippen molar-refractivity contribution in [3.8, 4) is 33.8 Å². The molecule has 1 aliphatic carbocycles. The summed E-state index contributed by atoms with van der Waals surface area (Å²) in [6.07, 6.45) is 0. The minimum absolute atomic E-state index is 0.0887. The summed E-state index contributed by atoms with van der Waals surface area (Å²) in [7, 11) is 0. The lowest BCUT2D eigenvalue weighted by atomic mass is 9.78. The predicted octanol–water partition coefficient (Wildman–Crippen LogP) is 10.7. The number of hydrogen-bond donors (Lipinski definition) is 0. The molecule has 43 heavy (non-hydrogen) atoms. The molecule has 0 unspecified atom stereocenters. The summed E-state index contributed by atoms with van der Waals surface area (Å²) in [6.45, 7) is 4.75. The van der Waals surface area contributed by atoms with E-state index in [-0.39, 0.29) is 5.41 Å². The zero-order valence-corrected chi connectivity index (χ0v) is 24.1. The van der Waals surface area contributed by atoms with Crippen LogP contribution in [0.15, 0.2) is 133 Å². The Bertz CT molecular complexity index is 2400. The lowest BCUT2D eigenvalue weighted by Gasteiger charge is -2.24. The zero-order chi connectivity index (χ0) is 28.7. The second-order valence-corrected chi connectivity index (χ2v) is 12.2. The van der Waals surface area contributed by atoms with E-state index in [2.05, 4.69) is 135 Å². The lowest BCUT2D eigenvalue weighted by Crippen LogP contribution is -2.15. The molecule has 0 N–H and O–H groups in total. The molecular formula is C41H28N2. The number of aromatic nitrogens is 2. The van der Waals surface area contributed by atoms with Gasteiger partial charge in [-0.25, -0.2) is 9.97 Å². The average molecular weight is 549 g/mol. The minimum Gasteiger partial charge on any atom is -0.228 e. The highest BCUT2D eigenvalue weighted by Gasteiger charge is 2.37. The predicted molar refractivity (Wildman–Crippen MR) is 180 cm³/mol. The fourth-order valence-corrected chi connectivity index (χ4v) is 7.48. The van der Waals surface area contributed by atoms with Crippen LogP contribution in [0.5, 0.6) is 0 Å². The topological polar surface area (TPSA) is 25.8 Å². The second-order valence-electron chi connectivity index (χ2n) is 12.2. The van der Waals surface area contributed by atoms with Crippen LogP contribution in [0, 0.1) is 0 Å². The van der Waals surface area contributed by atoms with Gasteiger partial charge in [-0.05, 0) is 66.7 Å². The van der Waals surface area contributed by atoms with Gasteiger partial charge in [0, 0.05) is 21.9 Å². The van der Waals surface area contributed by atoms with Gasteiger partial charge in [-0.2, -0.15) is 0 Å². The Morgan fingerprint density at radius 2 is 1.12 bits per heavy atom. The Labute approximate surface area is 250 Å². The molecule has 0 atom stereocenters. The zero-order valence-electron chi connectivity index (χ0n) is 24.1. The molecule has 0 radical (unpaired) electrons. The molecule has 1 aromatic heterocycles. The molecule has 7 aromatic carbocycles. The molecule has 0 bridgehead atoms. The molecule has 0 spiro atoms. The van der Waals surface area contributed by atoms with Crippen LogP contribution in [-0.4, -0.2) is 9.97 Å². The first-order chi connectivity index (χ1) is 21.1. The van der Waals surface area contributed by atoms with Gasteiger partial charge in [-0.3, -0.25) is 0 Å². The van der Waals surface area contributed by atoms with Crippen molar-refractivity contribution >= 4 is 43.2 Å². The number of nitrogens with zero attached hydrogens (tertiary/aromatic N) is 2. The molecule has 2 nitrogen and oxygen atoms in total. The summed E-state index contributed by atoms with van der Waals surface area (Å²) in [5.74, 6) is 0.745. The number of fused-ring (bicyclic) bond motifs is 11. The lowest BCUT2D eigenvalue weighted by molar-refractivity contribution is 0.666. The van der Waals surface area contributed by atoms with Crippen molar-refractivity contribution < 1.29 is 0 Å². The molecule has 1 heterocycles. The van der Waals surface area contributed by atoms with Crippen LogP contribution in [0.1, 0.15) is 25.0 Å². The van der Waals surface area contributed by atoms with Gasteiger partial charge in [0.2, 0.25) is 0 Å². The van der Waals surface area contributed by atoms with E-state index in [1.165, 1.54) is 54.6 Å². The highest BCUT2D eigenvalue weighted by atomic mass is 14.9. The third-order valence-corrected chi connectivity index (χ3v) is 9.43. The molecule has 0 fully saturated rings. The van der Waals surface area contributed by atoms with Crippen LogP contribution in [-0.2, 0) is 5.41 Å². The van der Waals surface area contributed by atoms with Crippen molar-refractivity contribution in [1.29, 1.82) is 0 Å². The van der Waals surface area contributed by atoms with Gasteiger partial charge in [-0.1, -0.05) is 135 Å². The average Bonchev–Trinajstić information content (AvgIpc) is 3.30. The summed E-state index contributed by atoms with van der Waals surface area (Å²) >= 11 is 0. The van der Waals surface area contributed by atoms with E-state index < -0.39 is 0 Å². The van der Waals surface area contributed by atoms with Crippen LogP contribution in [0.25, 0.3) is 77.0 Å². The maximum atomic E-state index is 5.17. The monoisotopic (exact) mass is 548 g/mol. The van der Waals surface area contributed by atoms with E-state index in [4.69, 9.17) is 9.97 Å². The van der Waals surface area contributed by atoms with Gasteiger partial charge >= 0.3 is 0 Å². The largest absolute Gasteiger partial charge is 0.228 e. The van der Waals surface area contributed by atoms with Gasteiger partial charge in [0.25, 0.3) is 0 Å². The van der Waals surface area contributed by atoms with E-state index in [0.29, 0.717) is 0 Å². The molecule has 202 valence electrons. The molecule has 1 aliphatic rings. The Morgan fingerprint density at radius 3 is 1.98 bits per heavy atom. The maximum absolute atomic E-state index is 5.17. The summed E-state index contributed by atoms with van der Waals surface area (Å²) in [5, 5.41) is 8.77. The number of rotatable bonds is 2. The van der Waals surface area contributed by atoms with Gasteiger partial charge in [0.1, 0.15) is 0 Å². The van der Waals surface area contributed by atoms with E-state index in [0.717, 1.165) is 33.5 Å². The first-order valence-electron chi connectivity index (χ1n) is 14.9. The van der Waals surface area contributed by atoms with Gasteiger partial charge in [0.05, 0.1) is 11.2 Å². The van der Waals surface area contributed by atoms with Crippen molar-refractivity contribution in [3.05, 3.63) is 145 Å². The Morgan fingerprint density at radius 1 is 0.465 bits per heavy atom. The standard InChI is InChI=1S/C41H28N2/c1-41(2)35-18-10-8-15-29(35)32-23-22-31-28-21-20-26(24-34(28)27-14-6-7-16-30(27)37(31)38(32)41)40-42-36-19-11-9-17-33(36)39(43-40)25-12-4-3-5-13-25/h3-24H,1-2H3. The van der Waals surface area contributed by atoms with E-state index in [1.807, 2.05) is 12.1 Å². The maximum Gasteiger partial charge on any atom is 0.160 e. The first kappa shape index (κ1) is 24.3. The number of para-hydroxylation sites is 1. The van der Waals surface area contributed by atoms with Crippen molar-refractivity contribution in [2.24, 2.45) is 0 Å². The highest BCUT2D eigenvalue weighted by molar-refractivity contribution is 6.27. The molecule has 9 rings (SSSR count). The third-order valence-electron chi connectivity index (χ3n) is 9.43. The van der Waals surface area contributed by atoms with Crippen LogP contribution in [0.2, 0.25) is 0 Å². The summed E-state index contributed by atoms with van der Waals surface area (Å²) < 4.78 is 0. The molecule has 0 amide bonds. The SMILES string of the molecule is CC1(C)c2ccccc2-c2ccc3c4ccc(-c5nc(-c6ccccc6)c6ccccc6n5)cc4c4ccccc4c3c21. The molecule has 0 aliphatic heterocycles. The minimum atomic E-state index is -0.0887. The van der Waals surface area contributed by atoms with Crippen LogP contribution >= 0.6 is 0 Å². The van der Waals surface area contributed by atoms with E-state index >= 15 is 0 Å². The van der Waals surface area contributed by atoms with Gasteiger partial charge in [-0.15, -0.1) is 0 Å². The van der Waals surface area contributed by atoms with Crippen LogP contribution < -0.4 is 0 Å². The van der Waals surface area contributed by atoms with Gasteiger partial charge < -0.3 is 0 Å². The summed E-state index contributed by atoms with van der Waals surface area (Å²) in [4.78, 5) is 10.2. The van der Waals surface area contributed by atoms with Crippen molar-refractivity contribution in [1.82, 2.24) is 9.97 Å². The van der Waals surface area contributed by atoms with Crippen molar-refractivity contribution in [3.63, 3.8) is 0 Å². The quantitative estimate of drug-likeness (QED) is 0.201. The normalized spacial score (nSPS) is 13.5. The molecule has 0 saturated heterocycles. The Hall–Kier alpha value is -5.34. The summed E-state index contributed by atoms with van der Waals surface area (Å²) in [5.41, 5.74) is 9.48. The Balaban J connectivity index is 1.34. The van der Waals surface area contributed by atoms with Crippen molar-refractivity contribution in [2.45, 2.75) is 19.3 Å². The second kappa shape index (κ2) is 8.83. The first-order valence-corrected chi connectivity index (χ1v) is 14.9. The number of benzene rings is 7. The molecule has 2 heteroatoms. The smallest absolute Gasteiger partial charge is 0.160 e. The van der Waals surface area contributed by atoms with Gasteiger partial charge in [0.15, 0.2) is 5.82 Å². The van der Waals surface area contributed by atoms with Crippen molar-refractivity contribution in [2.75, 3.05) is 0 Å². The van der Waals surface area contributed by atoms with E-state index in [9.17, 15) is 0 Å². The van der Waals surface area contributed by atoms with E-state index in [1.54, 1.807) is 0 Å². The van der Waals surface area contributed by atoms with Crippen LogP contribution in [0.3, 0.4) is 0 Å². The fourth-order valence-electron chi connectivity index (χ4n) is 7.48. The molecule has 8 aromatic rings. The molecule has 0 saturated carbocycles.